The number of primary amides is 1. The van der Waals surface area contributed by atoms with Crippen molar-refractivity contribution >= 4 is 23.1 Å². The van der Waals surface area contributed by atoms with Crippen molar-refractivity contribution in [1.82, 2.24) is 4.98 Å². The van der Waals surface area contributed by atoms with Gasteiger partial charge >= 0.3 is 6.18 Å². The maximum atomic E-state index is 12.1. The van der Waals surface area contributed by atoms with Crippen LogP contribution in [0.3, 0.4) is 0 Å². The molecule has 0 aliphatic heterocycles. The molecule has 11 heteroatoms. The number of alkyl halides is 3. The molecule has 1 heterocycles. The van der Waals surface area contributed by atoms with Crippen molar-refractivity contribution < 1.29 is 26.6 Å². The number of aromatic nitrogens is 1. The highest BCUT2D eigenvalue weighted by molar-refractivity contribution is 7.86. The normalized spacial score (nSPS) is 14.7. The molecule has 0 fully saturated rings. The van der Waals surface area contributed by atoms with E-state index in [4.69, 9.17) is 15.7 Å². The van der Waals surface area contributed by atoms with Crippen LogP contribution >= 0.6 is 0 Å². The minimum atomic E-state index is -4.22. The monoisotopic (exact) mass is 398 g/mol. The second-order valence-electron chi connectivity index (χ2n) is 5.30. The molecule has 1 aromatic heterocycles. The van der Waals surface area contributed by atoms with E-state index in [0.717, 1.165) is 30.5 Å². The number of amides is 1. The average molecular weight is 398 g/mol. The van der Waals surface area contributed by atoms with E-state index >= 15 is 0 Å². The average Bonchev–Trinajstić information content (AvgIpc) is 2.94. The standard InChI is InChI=1S/C10H11F3N2.C4H8FNOS.CH3NO/c11-10(12,13)5-6-4-8(14)7-2-1-3-9(7)15-6;1-3(5)4(2)8(6)7;2-1-3/h4H,1-3,5H2,(H2,14,15);6H2,1-2H3;1H,(H2,2,3)/b;4-3-;. The summed E-state index contributed by atoms with van der Waals surface area (Å²) >= 11 is 0. The third-order valence-corrected chi connectivity index (χ3v) is 4.19. The molecule has 6 nitrogen and oxygen atoms in total. The number of nitrogens with zero attached hydrogens (tertiary/aromatic N) is 1. The van der Waals surface area contributed by atoms with Gasteiger partial charge in [0, 0.05) is 11.4 Å². The third-order valence-electron chi connectivity index (χ3n) is 3.31. The lowest BCUT2D eigenvalue weighted by Crippen LogP contribution is -2.14. The lowest BCUT2D eigenvalue weighted by molar-refractivity contribution is -0.127. The molecule has 1 aliphatic carbocycles. The van der Waals surface area contributed by atoms with E-state index in [0.29, 0.717) is 5.69 Å². The van der Waals surface area contributed by atoms with E-state index in [1.165, 1.54) is 19.9 Å². The van der Waals surface area contributed by atoms with Crippen LogP contribution < -0.4 is 16.6 Å². The van der Waals surface area contributed by atoms with Crippen molar-refractivity contribution in [1.29, 1.82) is 0 Å². The van der Waals surface area contributed by atoms with E-state index in [1.807, 2.05) is 0 Å². The summed E-state index contributed by atoms with van der Waals surface area (Å²) in [6.07, 6.45) is -2.45. The second-order valence-corrected chi connectivity index (χ2v) is 6.50. The zero-order valence-corrected chi connectivity index (χ0v) is 15.2. The van der Waals surface area contributed by atoms with Crippen molar-refractivity contribution in [3.05, 3.63) is 33.7 Å². The number of allylic oxidation sites excluding steroid dienone is 2. The number of hydrogen-bond donors (Lipinski definition) is 3. The van der Waals surface area contributed by atoms with Gasteiger partial charge in [0.15, 0.2) is 0 Å². The van der Waals surface area contributed by atoms with Crippen LogP contribution in [0.15, 0.2) is 16.8 Å². The summed E-state index contributed by atoms with van der Waals surface area (Å²) in [5.74, 6) is -0.467. The number of nitrogen functional groups attached to an aromatic ring is 1. The van der Waals surface area contributed by atoms with Gasteiger partial charge < -0.3 is 11.5 Å². The Morgan fingerprint density at radius 2 is 1.88 bits per heavy atom. The molecule has 0 aromatic carbocycles. The largest absolute Gasteiger partial charge is 0.398 e. The van der Waals surface area contributed by atoms with E-state index < -0.39 is 29.4 Å². The highest BCUT2D eigenvalue weighted by atomic mass is 32.2. The Morgan fingerprint density at radius 1 is 1.35 bits per heavy atom. The third kappa shape index (κ3) is 8.90. The van der Waals surface area contributed by atoms with Crippen LogP contribution in [-0.4, -0.2) is 21.8 Å². The van der Waals surface area contributed by atoms with Crippen LogP contribution in [0.25, 0.3) is 0 Å². The summed E-state index contributed by atoms with van der Waals surface area (Å²) in [6.45, 7) is 2.62. The SMILES string of the molecule is C/C(F)=C(\C)S(N)=O.NC=O.Nc1cc(CC(F)(F)F)nc2c1CCC2. The Labute approximate surface area is 151 Å². The van der Waals surface area contributed by atoms with E-state index in [9.17, 15) is 21.8 Å². The predicted molar refractivity (Wildman–Crippen MR) is 92.5 cm³/mol. The number of carbonyl (C=O) groups is 1. The molecule has 0 saturated carbocycles. The number of halogens is 4. The fraction of sp³-hybridized carbons (Fsp3) is 0.467. The summed E-state index contributed by atoms with van der Waals surface area (Å²) in [5, 5.41) is 4.81. The lowest BCUT2D eigenvalue weighted by Gasteiger charge is -2.09. The summed E-state index contributed by atoms with van der Waals surface area (Å²) in [4.78, 5) is 12.7. The minimum absolute atomic E-state index is 0.0284. The van der Waals surface area contributed by atoms with Crippen LogP contribution in [0.2, 0.25) is 0 Å². The van der Waals surface area contributed by atoms with Crippen LogP contribution in [0.4, 0.5) is 23.2 Å². The molecule has 0 bridgehead atoms. The molecule has 26 heavy (non-hydrogen) atoms. The van der Waals surface area contributed by atoms with Gasteiger partial charge in [-0.1, -0.05) is 0 Å². The summed E-state index contributed by atoms with van der Waals surface area (Å²) < 4.78 is 58.6. The molecule has 6 N–H and O–H groups in total. The molecular formula is C15H22F4N4O2S. The van der Waals surface area contributed by atoms with Gasteiger partial charge in [0.2, 0.25) is 6.41 Å². The number of carbonyl (C=O) groups excluding carboxylic acids is 1. The van der Waals surface area contributed by atoms with Crippen LogP contribution in [0, 0.1) is 0 Å². The van der Waals surface area contributed by atoms with E-state index in [-0.39, 0.29) is 17.0 Å². The van der Waals surface area contributed by atoms with Crippen LogP contribution in [-0.2, 0) is 35.0 Å². The van der Waals surface area contributed by atoms with Crippen molar-refractivity contribution in [2.24, 2.45) is 10.9 Å². The molecule has 148 valence electrons. The molecule has 2 rings (SSSR count). The number of hydrogen-bond acceptors (Lipinski definition) is 4. The molecular weight excluding hydrogens is 376 g/mol. The van der Waals surface area contributed by atoms with E-state index in [1.54, 1.807) is 0 Å². The van der Waals surface area contributed by atoms with Gasteiger partial charge in [0.25, 0.3) is 0 Å². The number of rotatable bonds is 2. The van der Waals surface area contributed by atoms with Gasteiger partial charge in [-0.15, -0.1) is 0 Å². The summed E-state index contributed by atoms with van der Waals surface area (Å²) in [5.41, 5.74) is 12.0. The minimum Gasteiger partial charge on any atom is -0.398 e. The summed E-state index contributed by atoms with van der Waals surface area (Å²) in [6, 6.07) is 1.34. The second kappa shape index (κ2) is 10.9. The van der Waals surface area contributed by atoms with Crippen molar-refractivity contribution in [3.8, 4) is 0 Å². The highest BCUT2D eigenvalue weighted by Gasteiger charge is 2.29. The van der Waals surface area contributed by atoms with Crippen molar-refractivity contribution in [3.63, 3.8) is 0 Å². The number of aryl methyl sites for hydroxylation is 1. The Bertz CT molecular complexity index is 674. The first-order valence-electron chi connectivity index (χ1n) is 7.41. The molecule has 1 aromatic rings. The highest BCUT2D eigenvalue weighted by Crippen LogP contribution is 2.28. The molecule has 0 spiro atoms. The quantitative estimate of drug-likeness (QED) is 0.521. The topological polar surface area (TPSA) is 125 Å². The maximum absolute atomic E-state index is 12.1. The fourth-order valence-electron chi connectivity index (χ4n) is 2.07. The van der Waals surface area contributed by atoms with Gasteiger partial charge in [-0.25, -0.2) is 13.7 Å². The first kappa shape index (κ1) is 24.0. The summed E-state index contributed by atoms with van der Waals surface area (Å²) in [7, 11) is -1.64. The maximum Gasteiger partial charge on any atom is 0.394 e. The van der Waals surface area contributed by atoms with Crippen LogP contribution in [0.1, 0.15) is 37.2 Å². The molecule has 1 atom stereocenters. The van der Waals surface area contributed by atoms with Gasteiger partial charge in [0.1, 0.15) is 16.8 Å². The van der Waals surface area contributed by atoms with Crippen molar-refractivity contribution in [2.75, 3.05) is 5.73 Å². The first-order chi connectivity index (χ1) is 11.9. The zero-order chi connectivity index (χ0) is 20.5. The molecule has 1 aliphatic rings. The number of nitrogens with two attached hydrogens (primary N) is 3. The number of anilines is 1. The fourth-order valence-corrected chi connectivity index (χ4v) is 2.35. The Hall–Kier alpha value is -2.01. The predicted octanol–water partition coefficient (Wildman–Crippen LogP) is 2.19. The van der Waals surface area contributed by atoms with Crippen molar-refractivity contribution in [2.45, 2.75) is 45.7 Å². The Kier molecular flexibility index (Phi) is 10.0. The smallest absolute Gasteiger partial charge is 0.394 e. The van der Waals surface area contributed by atoms with Crippen LogP contribution in [0.5, 0.6) is 0 Å². The molecule has 0 radical (unpaired) electrons. The Morgan fingerprint density at radius 3 is 2.27 bits per heavy atom. The van der Waals surface area contributed by atoms with Gasteiger partial charge in [0.05, 0.1) is 17.0 Å². The lowest BCUT2D eigenvalue weighted by atomic mass is 10.1. The number of fused-ring (bicyclic) bond motifs is 1. The number of pyridine rings is 1. The first-order valence-corrected chi connectivity index (χ1v) is 8.62. The van der Waals surface area contributed by atoms with Gasteiger partial charge in [-0.2, -0.15) is 13.2 Å². The molecule has 1 amide bonds. The zero-order valence-electron chi connectivity index (χ0n) is 14.4. The van der Waals surface area contributed by atoms with Gasteiger partial charge in [-0.05, 0) is 44.7 Å². The van der Waals surface area contributed by atoms with Gasteiger partial charge in [-0.3, -0.25) is 9.78 Å². The Balaban J connectivity index is 0.000000483. The van der Waals surface area contributed by atoms with E-state index in [2.05, 4.69) is 10.7 Å². The molecule has 0 saturated heterocycles. The molecule has 1 unspecified atom stereocenters.